The van der Waals surface area contributed by atoms with Crippen LogP contribution in [-0.2, 0) is 56.6 Å². The van der Waals surface area contributed by atoms with Crippen molar-refractivity contribution in [1.82, 2.24) is 44.7 Å². The van der Waals surface area contributed by atoms with Gasteiger partial charge in [-0.25, -0.2) is 40.9 Å². The second-order valence-electron chi connectivity index (χ2n) is 16.8. The monoisotopic (exact) mass is 1360 g/mol. The van der Waals surface area contributed by atoms with E-state index in [1.165, 1.54) is 77.6 Å². The van der Waals surface area contributed by atoms with Crippen LogP contribution >= 0.6 is 19.2 Å². The third kappa shape index (κ3) is 27.6. The van der Waals surface area contributed by atoms with E-state index in [0.29, 0.717) is 16.6 Å². The van der Waals surface area contributed by atoms with E-state index in [9.17, 15) is 72.4 Å². The van der Waals surface area contributed by atoms with Gasteiger partial charge in [0.1, 0.15) is 40.5 Å². The molecule has 6 rings (SSSR count). The molecule has 32 nitrogen and oxygen atoms in total. The van der Waals surface area contributed by atoms with Crippen LogP contribution in [0.5, 0.6) is 29.3 Å². The minimum atomic E-state index is -4.61. The Morgan fingerprint density at radius 1 is 0.795 bits per heavy atom. The van der Waals surface area contributed by atoms with Crippen LogP contribution in [0.4, 0.5) is 46.0 Å². The number of benzene rings is 3. The lowest BCUT2D eigenvalue weighted by molar-refractivity contribution is -0.383. The number of nitrogens with one attached hydrogen (secondary N) is 5. The van der Waals surface area contributed by atoms with Gasteiger partial charge in [-0.3, -0.25) is 30.9 Å². The molecule has 1 unspecified atom stereocenters. The molecule has 0 radical (unpaired) electrons. The van der Waals surface area contributed by atoms with Gasteiger partial charge < -0.3 is 44.1 Å². The molecule has 6 aromatic rings. The third-order valence-corrected chi connectivity index (χ3v) is 15.1. The van der Waals surface area contributed by atoms with E-state index in [1.807, 2.05) is 11.4 Å². The second kappa shape index (κ2) is 34.9. The summed E-state index contributed by atoms with van der Waals surface area (Å²) in [4.78, 5) is 83.6. The highest BCUT2D eigenvalue weighted by atomic mass is 35.5. The minimum Gasteiger partial charge on any atom is -0.778 e. The number of hydrogen-bond acceptors (Lipinski definition) is 25. The number of carbonyl (C=O) groups excluding carboxylic acids is 2. The Morgan fingerprint density at radius 3 is 1.84 bits per heavy atom. The first-order chi connectivity index (χ1) is 40.9. The number of alkyl halides is 3. The summed E-state index contributed by atoms with van der Waals surface area (Å²) in [6.07, 6.45) is 0.773. The molecule has 4 amide bonds. The summed E-state index contributed by atoms with van der Waals surface area (Å²) in [7, 11) is -12.7. The summed E-state index contributed by atoms with van der Waals surface area (Å²) in [5, 5.41) is 24.1. The van der Waals surface area contributed by atoms with Crippen LogP contribution in [-0.4, -0.2) is 153 Å². The summed E-state index contributed by atoms with van der Waals surface area (Å²) < 4.78 is 145. The third-order valence-electron chi connectivity index (χ3n) is 9.43. The molecular formula is C47H58ClF3N13O19PS4. The second-order valence-corrected chi connectivity index (χ2v) is 26.8. The topological polar surface area (TPSA) is 478 Å². The molecule has 0 fully saturated rings. The normalized spacial score (nSPS) is 11.7. The number of aromatic nitrogens is 6. The van der Waals surface area contributed by atoms with Crippen LogP contribution in [0.25, 0.3) is 0 Å². The number of sulfone groups is 1. The van der Waals surface area contributed by atoms with Crippen molar-refractivity contribution in [2.75, 3.05) is 75.0 Å². The Labute approximate surface area is 509 Å². The molecule has 0 aliphatic carbocycles. The highest BCUT2D eigenvalue weighted by Gasteiger charge is 2.31. The smallest absolute Gasteiger partial charge is 0.389 e. The molecule has 0 saturated carbocycles. The SMILES string of the molecule is CCS(=O)(=O)c1cccnc1S(=O)(=O)NC(=O)Nc1nc(OC)cc(OC)n1.COc1nc(C)nc(NC(=O)NS(=O)(=O)c2ccccc2CCC(F)(F)F)n1.C[S+](C)C.Nc1c([N+](=O)[O-])ccc(Oc2ccccc2)c1Cl.O=C(O)CNCP(=O)([O-])O. The molecule has 88 heavy (non-hydrogen) atoms. The molecule has 0 spiro atoms. The number of aliphatic carboxylic acids is 1. The number of ether oxygens (including phenoxy) is 4. The molecule has 1 atom stereocenters. The van der Waals surface area contributed by atoms with E-state index >= 15 is 0 Å². The zero-order valence-corrected chi connectivity index (χ0v) is 52.2. The number of carbonyl (C=O) groups is 3. The van der Waals surface area contributed by atoms with Gasteiger partial charge in [-0.2, -0.15) is 46.5 Å². The van der Waals surface area contributed by atoms with Crippen LogP contribution in [0.15, 0.2) is 106 Å². The number of pyridine rings is 1. The van der Waals surface area contributed by atoms with Crippen molar-refractivity contribution in [3.63, 3.8) is 0 Å². The van der Waals surface area contributed by atoms with E-state index in [2.05, 4.69) is 59.3 Å². The molecule has 0 aliphatic heterocycles. The van der Waals surface area contributed by atoms with Crippen LogP contribution < -0.4 is 55.0 Å². The lowest BCUT2D eigenvalue weighted by atomic mass is 10.1. The first-order valence-corrected chi connectivity index (χ1v) is 33.2. The standard InChI is InChI=1S/C15H16F3N5O4S.C14H17N5O7S2.C12H9ClN2O3.C3H8NO5P.C3H9S/c1-9-19-12(22-14(20-9)27-2)21-13(24)23-28(25,26)11-6-4-3-5-10(11)7-8-15(16,17)18;1-4-27(21,22)9-6-5-7-15-12(9)28(23,24)19-14(20)18-13-16-10(25-2)8-11(17-13)26-3;13-11-10(18-8-4-2-1-3-5-8)7-6-9(12(11)14)15(16)17;5-3(6)1-4-2-10(7,8)9;1-4(2)3/h3-6H,7-8H2,1-2H3,(H2,19,20,21,22,23,24);5-8H,4H2,1-3H3,(H2,16,17,18,19,20);1-7H,14H2;4H,1-2H2,(H,5,6)(H2,7,8,9);1-3H3/q;;;;+1/p-1. The predicted molar refractivity (Wildman–Crippen MR) is 312 cm³/mol. The Hall–Kier alpha value is -8.30. The lowest BCUT2D eigenvalue weighted by Gasteiger charge is -2.14. The molecule has 482 valence electrons. The van der Waals surface area contributed by atoms with Crippen molar-refractivity contribution in [3.05, 3.63) is 118 Å². The summed E-state index contributed by atoms with van der Waals surface area (Å²) in [6.45, 7) is 2.38. The number of halogens is 4. The first kappa shape index (κ1) is 75.8. The highest BCUT2D eigenvalue weighted by molar-refractivity contribution is 7.94. The number of aryl methyl sites for hydroxylation is 2. The molecule has 3 aromatic heterocycles. The average molecular weight is 1360 g/mol. The van der Waals surface area contributed by atoms with E-state index in [1.54, 1.807) is 33.7 Å². The number of methoxy groups -OCH3 is 3. The lowest BCUT2D eigenvalue weighted by Crippen LogP contribution is -2.36. The maximum atomic E-state index is 12.5. The number of nitrogen functional groups attached to an aromatic ring is 1. The van der Waals surface area contributed by atoms with Gasteiger partial charge in [0.2, 0.25) is 23.7 Å². The Balaban J connectivity index is 0.000000412. The summed E-state index contributed by atoms with van der Waals surface area (Å²) in [6, 6.07) is 17.9. The number of para-hydroxylation sites is 1. The fourth-order valence-electron chi connectivity index (χ4n) is 5.81. The number of nitrogens with two attached hydrogens (primary N) is 1. The molecular weight excluding hydrogens is 1300 g/mol. The van der Waals surface area contributed by atoms with Crippen molar-refractivity contribution in [2.45, 2.75) is 47.7 Å². The molecule has 0 aliphatic rings. The van der Waals surface area contributed by atoms with Crippen LogP contribution in [0.2, 0.25) is 5.02 Å². The van der Waals surface area contributed by atoms with Crippen molar-refractivity contribution in [2.24, 2.45) is 0 Å². The number of carboxylic acids is 1. The van der Waals surface area contributed by atoms with Gasteiger partial charge >= 0.3 is 30.2 Å². The van der Waals surface area contributed by atoms with Gasteiger partial charge in [0.25, 0.3) is 25.7 Å². The predicted octanol–water partition coefficient (Wildman–Crippen LogP) is 4.67. The summed E-state index contributed by atoms with van der Waals surface area (Å²) >= 11 is 5.94. The Kier molecular flexibility index (Phi) is 30.1. The van der Waals surface area contributed by atoms with E-state index in [-0.39, 0.29) is 69.0 Å². The van der Waals surface area contributed by atoms with Crippen molar-refractivity contribution >= 4 is 101 Å². The number of amides is 4. The van der Waals surface area contributed by atoms with Gasteiger partial charge in [0.15, 0.2) is 14.9 Å². The van der Waals surface area contributed by atoms with Crippen LogP contribution in [0.1, 0.15) is 24.7 Å². The molecule has 9 N–H and O–H groups in total. The number of carboxylic acid groups (broad SMARTS) is 1. The number of nitro groups is 1. The number of anilines is 3. The van der Waals surface area contributed by atoms with Crippen molar-refractivity contribution in [3.8, 4) is 29.3 Å². The van der Waals surface area contributed by atoms with Gasteiger partial charge in [-0.05, 0) is 66.2 Å². The number of nitro benzene ring substituents is 1. The van der Waals surface area contributed by atoms with E-state index < -0.39 is 107 Å². The molecule has 3 heterocycles. The number of hydrogen-bond donors (Lipinski definition) is 8. The highest BCUT2D eigenvalue weighted by Crippen LogP contribution is 2.39. The van der Waals surface area contributed by atoms with Gasteiger partial charge in [0, 0.05) is 18.7 Å². The molecule has 41 heteroatoms. The zero-order valence-electron chi connectivity index (χ0n) is 47.3. The quantitative estimate of drug-likeness (QED) is 0.0169. The molecule has 0 saturated heterocycles. The molecule has 0 bridgehead atoms. The van der Waals surface area contributed by atoms with E-state index in [0.717, 1.165) is 18.3 Å². The van der Waals surface area contributed by atoms with Crippen molar-refractivity contribution < 1.29 is 96.1 Å². The number of nitrogens with zero attached hydrogens (tertiary/aromatic N) is 7. The summed E-state index contributed by atoms with van der Waals surface area (Å²) in [5.41, 5.74) is 5.18. The Bertz CT molecular complexity index is 3730. The average Bonchev–Trinajstić information content (AvgIpc) is 2.26. The van der Waals surface area contributed by atoms with Crippen molar-refractivity contribution in [1.29, 1.82) is 0 Å². The number of sulfonamides is 2. The minimum absolute atomic E-state index is 0.0352. The van der Waals surface area contributed by atoms with Gasteiger partial charge in [-0.15, -0.1) is 0 Å². The summed E-state index contributed by atoms with van der Waals surface area (Å²) in [5.74, 6) is -0.884. The van der Waals surface area contributed by atoms with Crippen LogP contribution in [0, 0.1) is 17.0 Å². The number of rotatable bonds is 20. The molecule has 3 aromatic carbocycles. The fraction of sp³-hybridized carbons (Fsp3) is 0.298. The number of urea groups is 2. The Morgan fingerprint density at radius 2 is 1.33 bits per heavy atom. The van der Waals surface area contributed by atoms with Gasteiger partial charge in [-0.1, -0.05) is 54.9 Å². The fourth-order valence-corrected chi connectivity index (χ4v) is 10.1. The zero-order chi connectivity index (χ0) is 66.8. The maximum absolute atomic E-state index is 12.5. The maximum Gasteiger partial charge on any atom is 0.389 e. The first-order valence-electron chi connectivity index (χ1n) is 24.0. The van der Waals surface area contributed by atoms with E-state index in [4.69, 9.17) is 46.3 Å². The van der Waals surface area contributed by atoms with Gasteiger partial charge in [0.05, 0.1) is 74.6 Å². The largest absolute Gasteiger partial charge is 0.778 e. The van der Waals surface area contributed by atoms with Crippen LogP contribution in [0.3, 0.4) is 0 Å².